The highest BCUT2D eigenvalue weighted by molar-refractivity contribution is 6.33. The number of nitrogens with two attached hydrogens (primary N) is 1. The first-order chi connectivity index (χ1) is 13.4. The lowest BCUT2D eigenvalue weighted by atomic mass is 9.97. The zero-order valence-corrected chi connectivity index (χ0v) is 16.6. The second kappa shape index (κ2) is 9.00. The molecule has 144 valence electrons. The minimum Gasteiger partial charge on any atom is -0.326 e. The molecule has 0 fully saturated rings. The quantitative estimate of drug-likeness (QED) is 0.633. The summed E-state index contributed by atoms with van der Waals surface area (Å²) in [5.41, 5.74) is 3.83. The van der Waals surface area contributed by atoms with Crippen molar-refractivity contribution in [1.29, 1.82) is 0 Å². The van der Waals surface area contributed by atoms with E-state index in [0.717, 1.165) is 11.1 Å². The van der Waals surface area contributed by atoms with Crippen LogP contribution in [0.3, 0.4) is 0 Å². The summed E-state index contributed by atoms with van der Waals surface area (Å²) in [7, 11) is 0. The molecule has 0 spiro atoms. The summed E-state index contributed by atoms with van der Waals surface area (Å²) in [5, 5.41) is 4.99. The number of aryl methyl sites for hydroxylation is 1. The molecule has 0 saturated heterocycles. The SMILES string of the molecule is Cc1ccc([C@@H]([NH2+][C@H](C)C(=O)Nc2ccc(F)cc2Cl)c2ccccc2)cc1. The highest BCUT2D eigenvalue weighted by Gasteiger charge is 2.25. The molecule has 0 heterocycles. The number of carbonyl (C=O) groups excluding carboxylic acids is 1. The molecule has 0 radical (unpaired) electrons. The van der Waals surface area contributed by atoms with Crippen LogP contribution in [0.5, 0.6) is 0 Å². The van der Waals surface area contributed by atoms with Gasteiger partial charge in [0.05, 0.1) is 10.7 Å². The van der Waals surface area contributed by atoms with Crippen LogP contribution in [-0.4, -0.2) is 11.9 Å². The highest BCUT2D eigenvalue weighted by atomic mass is 35.5. The van der Waals surface area contributed by atoms with Crippen LogP contribution in [0.25, 0.3) is 0 Å². The molecule has 3 aromatic carbocycles. The molecule has 0 aromatic heterocycles. The van der Waals surface area contributed by atoms with Gasteiger partial charge >= 0.3 is 0 Å². The molecule has 0 bridgehead atoms. The molecule has 0 aliphatic heterocycles. The van der Waals surface area contributed by atoms with Gasteiger partial charge in [0.15, 0.2) is 6.04 Å². The number of benzene rings is 3. The van der Waals surface area contributed by atoms with Crippen molar-refractivity contribution in [2.24, 2.45) is 0 Å². The summed E-state index contributed by atoms with van der Waals surface area (Å²) in [6.45, 7) is 3.89. The van der Waals surface area contributed by atoms with E-state index < -0.39 is 5.82 Å². The topological polar surface area (TPSA) is 45.7 Å². The van der Waals surface area contributed by atoms with E-state index in [0.29, 0.717) is 5.69 Å². The number of rotatable bonds is 6. The predicted molar refractivity (Wildman–Crippen MR) is 111 cm³/mol. The molecule has 1 amide bonds. The third-order valence-electron chi connectivity index (χ3n) is 4.68. The van der Waals surface area contributed by atoms with Gasteiger partial charge in [-0.3, -0.25) is 4.79 Å². The normalized spacial score (nSPS) is 13.0. The highest BCUT2D eigenvalue weighted by Crippen LogP contribution is 2.23. The van der Waals surface area contributed by atoms with Crippen molar-refractivity contribution in [3.05, 3.63) is 100 Å². The third kappa shape index (κ3) is 4.97. The minimum absolute atomic E-state index is 0.0220. The molecule has 3 N–H and O–H groups in total. The molecule has 2 atom stereocenters. The van der Waals surface area contributed by atoms with Crippen LogP contribution in [0.4, 0.5) is 10.1 Å². The predicted octanol–water partition coefficient (Wildman–Crippen LogP) is 4.47. The van der Waals surface area contributed by atoms with Gasteiger partial charge in [0.2, 0.25) is 0 Å². The van der Waals surface area contributed by atoms with Crippen molar-refractivity contribution >= 4 is 23.2 Å². The van der Waals surface area contributed by atoms with E-state index in [1.54, 1.807) is 0 Å². The Labute approximate surface area is 169 Å². The Hall–Kier alpha value is -2.69. The minimum atomic E-state index is -0.439. The molecular formula is C23H23ClFN2O+. The van der Waals surface area contributed by atoms with Crippen LogP contribution in [0.1, 0.15) is 29.7 Å². The maximum Gasteiger partial charge on any atom is 0.282 e. The van der Waals surface area contributed by atoms with Crippen LogP contribution < -0.4 is 10.6 Å². The van der Waals surface area contributed by atoms with Crippen LogP contribution in [0.15, 0.2) is 72.8 Å². The lowest BCUT2D eigenvalue weighted by molar-refractivity contribution is -0.704. The molecule has 0 aliphatic rings. The Morgan fingerprint density at radius 3 is 2.29 bits per heavy atom. The Kier molecular flexibility index (Phi) is 6.45. The first kappa shape index (κ1) is 20.1. The number of anilines is 1. The monoisotopic (exact) mass is 397 g/mol. The van der Waals surface area contributed by atoms with E-state index in [9.17, 15) is 9.18 Å². The maximum absolute atomic E-state index is 13.2. The van der Waals surface area contributed by atoms with Crippen LogP contribution in [0.2, 0.25) is 5.02 Å². The standard InChI is InChI=1S/C23H22ClFN2O/c1-15-8-10-18(11-9-15)22(17-6-4-3-5-7-17)26-16(2)23(28)27-21-13-12-19(25)14-20(21)24/h3-14,16,22,26H,1-2H3,(H,27,28)/p+1/t16-,22+/m1/s1. The Morgan fingerprint density at radius 2 is 1.64 bits per heavy atom. The summed E-state index contributed by atoms with van der Waals surface area (Å²) in [4.78, 5) is 12.7. The van der Waals surface area contributed by atoms with Crippen molar-refractivity contribution < 1.29 is 14.5 Å². The third-order valence-corrected chi connectivity index (χ3v) is 4.99. The van der Waals surface area contributed by atoms with Gasteiger partial charge in [-0.15, -0.1) is 0 Å². The van der Waals surface area contributed by atoms with Gasteiger partial charge in [-0.2, -0.15) is 0 Å². The van der Waals surface area contributed by atoms with Gasteiger partial charge in [-0.1, -0.05) is 71.8 Å². The molecular weight excluding hydrogens is 375 g/mol. The van der Waals surface area contributed by atoms with Crippen molar-refractivity contribution in [2.75, 3.05) is 5.32 Å². The number of hydrogen-bond acceptors (Lipinski definition) is 1. The second-order valence-corrected chi connectivity index (χ2v) is 7.30. The maximum atomic E-state index is 13.2. The molecule has 0 saturated carbocycles. The van der Waals surface area contributed by atoms with Gasteiger partial charge in [0.25, 0.3) is 5.91 Å². The zero-order chi connectivity index (χ0) is 20.1. The molecule has 0 aliphatic carbocycles. The first-order valence-electron chi connectivity index (χ1n) is 9.16. The zero-order valence-electron chi connectivity index (χ0n) is 15.8. The van der Waals surface area contributed by atoms with Gasteiger partial charge in [-0.05, 0) is 32.0 Å². The first-order valence-corrected chi connectivity index (χ1v) is 9.54. The number of halogens is 2. The smallest absolute Gasteiger partial charge is 0.282 e. The van der Waals surface area contributed by atoms with E-state index >= 15 is 0 Å². The Balaban J connectivity index is 1.79. The van der Waals surface area contributed by atoms with Gasteiger partial charge < -0.3 is 10.6 Å². The number of amides is 1. The van der Waals surface area contributed by atoms with Crippen molar-refractivity contribution in [3.63, 3.8) is 0 Å². The number of hydrogen-bond donors (Lipinski definition) is 2. The van der Waals surface area contributed by atoms with Crippen molar-refractivity contribution in [3.8, 4) is 0 Å². The average molecular weight is 398 g/mol. The Bertz CT molecular complexity index is 945. The molecule has 3 aromatic rings. The average Bonchev–Trinajstić information content (AvgIpc) is 2.69. The van der Waals surface area contributed by atoms with Crippen molar-refractivity contribution in [2.45, 2.75) is 25.9 Å². The molecule has 28 heavy (non-hydrogen) atoms. The van der Waals surface area contributed by atoms with Gasteiger partial charge in [0.1, 0.15) is 11.9 Å². The van der Waals surface area contributed by atoms with Crippen LogP contribution >= 0.6 is 11.6 Å². The molecule has 3 rings (SSSR count). The van der Waals surface area contributed by atoms with E-state index in [1.165, 1.54) is 23.8 Å². The summed E-state index contributed by atoms with van der Waals surface area (Å²) in [6, 6.07) is 21.9. The summed E-state index contributed by atoms with van der Waals surface area (Å²) in [6.07, 6.45) is 0. The fourth-order valence-corrected chi connectivity index (χ4v) is 3.28. The molecule has 3 nitrogen and oxygen atoms in total. The summed E-state index contributed by atoms with van der Waals surface area (Å²) in [5.74, 6) is -0.632. The second-order valence-electron chi connectivity index (χ2n) is 6.89. The number of carbonyl (C=O) groups is 1. The molecule has 0 unspecified atom stereocenters. The van der Waals surface area contributed by atoms with Gasteiger partial charge in [-0.25, -0.2) is 4.39 Å². The van der Waals surface area contributed by atoms with Crippen LogP contribution in [0, 0.1) is 12.7 Å². The molecule has 5 heteroatoms. The summed E-state index contributed by atoms with van der Waals surface area (Å²) >= 11 is 6.03. The fourth-order valence-electron chi connectivity index (χ4n) is 3.06. The van der Waals surface area contributed by atoms with E-state index in [4.69, 9.17) is 11.6 Å². The largest absolute Gasteiger partial charge is 0.326 e. The lowest BCUT2D eigenvalue weighted by Crippen LogP contribution is -2.92. The van der Waals surface area contributed by atoms with Crippen LogP contribution in [-0.2, 0) is 4.79 Å². The number of nitrogens with one attached hydrogen (secondary N) is 1. The van der Waals surface area contributed by atoms with Gasteiger partial charge in [0, 0.05) is 11.1 Å². The van der Waals surface area contributed by atoms with E-state index in [1.807, 2.05) is 37.4 Å². The van der Waals surface area contributed by atoms with E-state index in [-0.39, 0.29) is 23.0 Å². The lowest BCUT2D eigenvalue weighted by Gasteiger charge is -2.21. The van der Waals surface area contributed by atoms with Crippen molar-refractivity contribution in [1.82, 2.24) is 0 Å². The summed E-state index contributed by atoms with van der Waals surface area (Å²) < 4.78 is 13.2. The Morgan fingerprint density at radius 1 is 1.00 bits per heavy atom. The fraction of sp³-hybridized carbons (Fsp3) is 0.174. The number of quaternary nitrogens is 1. The van der Waals surface area contributed by atoms with E-state index in [2.05, 4.69) is 41.7 Å².